The summed E-state index contributed by atoms with van der Waals surface area (Å²) >= 11 is 7.10. The summed E-state index contributed by atoms with van der Waals surface area (Å²) in [5, 5.41) is 9.14. The number of carbonyl (C=O) groups is 2. The Labute approximate surface area is 114 Å². The van der Waals surface area contributed by atoms with Gasteiger partial charge in [0.25, 0.3) is 0 Å². The van der Waals surface area contributed by atoms with Gasteiger partial charge in [-0.25, -0.2) is 4.79 Å². The van der Waals surface area contributed by atoms with Gasteiger partial charge in [-0.3, -0.25) is 4.79 Å². The zero-order chi connectivity index (χ0) is 13.1. The number of likely N-dealkylation sites (tertiary alicyclic amines) is 1. The summed E-state index contributed by atoms with van der Waals surface area (Å²) in [6.45, 7) is 1.67. The van der Waals surface area contributed by atoms with Gasteiger partial charge >= 0.3 is 5.97 Å². The minimum absolute atomic E-state index is 0.0677. The predicted molar refractivity (Wildman–Crippen MR) is 70.3 cm³/mol. The highest BCUT2D eigenvalue weighted by molar-refractivity contribution is 8.00. The molecule has 6 heteroatoms. The number of benzene rings is 1. The van der Waals surface area contributed by atoms with E-state index >= 15 is 0 Å². The highest BCUT2D eigenvalue weighted by atomic mass is 35.5. The number of halogens is 1. The van der Waals surface area contributed by atoms with Gasteiger partial charge in [-0.15, -0.1) is 11.8 Å². The molecular weight excluding hydrogens is 274 g/mol. The number of hydrogen-bond acceptors (Lipinski definition) is 3. The first-order chi connectivity index (χ1) is 8.58. The second-order valence-corrected chi connectivity index (χ2v) is 5.43. The topological polar surface area (TPSA) is 57.6 Å². The van der Waals surface area contributed by atoms with Gasteiger partial charge in [0.2, 0.25) is 5.91 Å². The molecule has 1 fully saturated rings. The van der Waals surface area contributed by atoms with Crippen molar-refractivity contribution in [3.05, 3.63) is 28.8 Å². The molecule has 0 bridgehead atoms. The van der Waals surface area contributed by atoms with Crippen LogP contribution in [0.4, 0.5) is 0 Å². The van der Waals surface area contributed by atoms with Gasteiger partial charge < -0.3 is 10.0 Å². The molecule has 0 aliphatic carbocycles. The van der Waals surface area contributed by atoms with Crippen LogP contribution in [0.5, 0.6) is 0 Å². The molecular formula is C12H12ClNO3S. The first kappa shape index (κ1) is 13.2. The lowest BCUT2D eigenvalue weighted by atomic mass is 10.2. The van der Waals surface area contributed by atoms with Crippen molar-refractivity contribution >= 4 is 35.2 Å². The molecule has 0 aromatic heterocycles. The number of aromatic carboxylic acids is 1. The monoisotopic (exact) mass is 285 g/mol. The third-order valence-electron chi connectivity index (χ3n) is 2.74. The van der Waals surface area contributed by atoms with Crippen LogP contribution in [0.3, 0.4) is 0 Å². The van der Waals surface area contributed by atoms with Gasteiger partial charge in [0.15, 0.2) is 0 Å². The van der Waals surface area contributed by atoms with E-state index in [9.17, 15) is 9.59 Å². The van der Waals surface area contributed by atoms with Crippen LogP contribution in [0.15, 0.2) is 23.1 Å². The lowest BCUT2D eigenvalue weighted by molar-refractivity contribution is -0.131. The molecule has 2 rings (SSSR count). The van der Waals surface area contributed by atoms with E-state index in [0.29, 0.717) is 5.75 Å². The first-order valence-corrected chi connectivity index (χ1v) is 6.87. The number of thioether (sulfide) groups is 1. The third-order valence-corrected chi connectivity index (χ3v) is 4.05. The maximum absolute atomic E-state index is 11.6. The van der Waals surface area contributed by atoms with Crippen LogP contribution >= 0.6 is 23.4 Å². The average molecular weight is 286 g/mol. The van der Waals surface area contributed by atoms with Crippen LogP contribution in [0, 0.1) is 0 Å². The highest BCUT2D eigenvalue weighted by Crippen LogP contribution is 2.25. The van der Waals surface area contributed by atoms with Crippen molar-refractivity contribution in [2.45, 2.75) is 11.3 Å². The number of rotatable bonds is 4. The number of amides is 1. The number of nitrogens with zero attached hydrogens (tertiary/aromatic N) is 1. The van der Waals surface area contributed by atoms with E-state index < -0.39 is 5.97 Å². The summed E-state index contributed by atoms with van der Waals surface area (Å²) in [7, 11) is 0. The highest BCUT2D eigenvalue weighted by Gasteiger charge is 2.20. The Bertz CT molecular complexity index is 488. The van der Waals surface area contributed by atoms with Gasteiger partial charge in [0.05, 0.1) is 16.3 Å². The van der Waals surface area contributed by atoms with E-state index in [1.807, 2.05) is 0 Å². The summed E-state index contributed by atoms with van der Waals surface area (Å²) in [6, 6.07) is 4.77. The molecule has 1 saturated heterocycles. The molecule has 1 aromatic rings. The second-order valence-electron chi connectivity index (χ2n) is 3.97. The lowest BCUT2D eigenvalue weighted by Gasteiger charge is -2.30. The lowest BCUT2D eigenvalue weighted by Crippen LogP contribution is -2.43. The van der Waals surface area contributed by atoms with Crippen LogP contribution in [-0.2, 0) is 4.79 Å². The van der Waals surface area contributed by atoms with E-state index in [0.717, 1.165) is 24.4 Å². The molecule has 4 nitrogen and oxygen atoms in total. The Balaban J connectivity index is 1.98. The zero-order valence-electron chi connectivity index (χ0n) is 9.56. The first-order valence-electron chi connectivity index (χ1n) is 5.51. The number of hydrogen-bond donors (Lipinski definition) is 1. The predicted octanol–water partition coefficient (Wildman–Crippen LogP) is 2.36. The van der Waals surface area contributed by atoms with Crippen molar-refractivity contribution in [3.63, 3.8) is 0 Å². The molecule has 1 N–H and O–H groups in total. The van der Waals surface area contributed by atoms with Gasteiger partial charge in [-0.2, -0.15) is 0 Å². The molecule has 1 aliphatic heterocycles. The van der Waals surface area contributed by atoms with Crippen molar-refractivity contribution < 1.29 is 14.7 Å². The van der Waals surface area contributed by atoms with Gasteiger partial charge in [0.1, 0.15) is 0 Å². The molecule has 1 heterocycles. The van der Waals surface area contributed by atoms with Crippen LogP contribution in [0.2, 0.25) is 5.02 Å². The number of carboxylic acid groups (broad SMARTS) is 1. The fraction of sp³-hybridized carbons (Fsp3) is 0.333. The minimum atomic E-state index is -1.06. The molecule has 0 atom stereocenters. The molecule has 1 amide bonds. The molecule has 1 aliphatic rings. The van der Waals surface area contributed by atoms with Gasteiger partial charge in [-0.05, 0) is 24.6 Å². The smallest absolute Gasteiger partial charge is 0.337 e. The van der Waals surface area contributed by atoms with Gasteiger partial charge in [0, 0.05) is 18.0 Å². The Morgan fingerprint density at radius 1 is 1.39 bits per heavy atom. The molecule has 96 valence electrons. The minimum Gasteiger partial charge on any atom is -0.478 e. The quantitative estimate of drug-likeness (QED) is 0.863. The van der Waals surface area contributed by atoms with Gasteiger partial charge in [-0.1, -0.05) is 11.6 Å². The Kier molecular flexibility index (Phi) is 4.14. The Hall–Kier alpha value is -1.20. The largest absolute Gasteiger partial charge is 0.478 e. The van der Waals surface area contributed by atoms with E-state index in [2.05, 4.69) is 0 Å². The fourth-order valence-corrected chi connectivity index (χ4v) is 2.60. The summed E-state index contributed by atoms with van der Waals surface area (Å²) in [6.07, 6.45) is 1.07. The fourth-order valence-electron chi connectivity index (χ4n) is 1.56. The van der Waals surface area contributed by atoms with Crippen molar-refractivity contribution in [1.29, 1.82) is 0 Å². The third kappa shape index (κ3) is 2.97. The van der Waals surface area contributed by atoms with E-state index in [4.69, 9.17) is 16.7 Å². The molecule has 1 aromatic carbocycles. The van der Waals surface area contributed by atoms with Crippen LogP contribution < -0.4 is 0 Å². The van der Waals surface area contributed by atoms with Crippen molar-refractivity contribution in [3.8, 4) is 0 Å². The summed E-state index contributed by atoms with van der Waals surface area (Å²) < 4.78 is 0. The SMILES string of the molecule is O=C(O)c1cc(SCC(=O)N2CCC2)ccc1Cl. The molecule has 0 saturated carbocycles. The van der Waals surface area contributed by atoms with Crippen LogP contribution in [0.1, 0.15) is 16.8 Å². The van der Waals surface area contributed by atoms with Crippen molar-refractivity contribution in [1.82, 2.24) is 4.90 Å². The second kappa shape index (κ2) is 5.63. The van der Waals surface area contributed by atoms with Crippen molar-refractivity contribution in [2.24, 2.45) is 0 Å². The number of carbonyl (C=O) groups excluding carboxylic acids is 1. The summed E-state index contributed by atoms with van der Waals surface area (Å²) in [5.74, 6) is -0.629. The average Bonchev–Trinajstić information content (AvgIpc) is 2.25. The maximum Gasteiger partial charge on any atom is 0.337 e. The van der Waals surface area contributed by atoms with E-state index in [1.54, 1.807) is 17.0 Å². The Morgan fingerprint density at radius 2 is 2.11 bits per heavy atom. The summed E-state index contributed by atoms with van der Waals surface area (Å²) in [4.78, 5) is 25.1. The van der Waals surface area contributed by atoms with Crippen LogP contribution in [-0.4, -0.2) is 40.7 Å². The Morgan fingerprint density at radius 3 is 2.67 bits per heavy atom. The van der Waals surface area contributed by atoms with E-state index in [1.165, 1.54) is 17.8 Å². The normalized spacial score (nSPS) is 14.2. The maximum atomic E-state index is 11.6. The molecule has 0 spiro atoms. The molecule has 0 radical (unpaired) electrons. The standard InChI is InChI=1S/C12H12ClNO3S/c13-10-3-2-8(6-9(10)12(16)17)18-7-11(15)14-4-1-5-14/h2-3,6H,1,4-5,7H2,(H,16,17). The van der Waals surface area contributed by atoms with Crippen LogP contribution in [0.25, 0.3) is 0 Å². The zero-order valence-corrected chi connectivity index (χ0v) is 11.1. The molecule has 0 unspecified atom stereocenters. The number of carboxylic acids is 1. The molecule has 18 heavy (non-hydrogen) atoms. The summed E-state index contributed by atoms with van der Waals surface area (Å²) in [5.41, 5.74) is 0.0677. The van der Waals surface area contributed by atoms with E-state index in [-0.39, 0.29) is 16.5 Å². The van der Waals surface area contributed by atoms with Crippen molar-refractivity contribution in [2.75, 3.05) is 18.8 Å².